The quantitative estimate of drug-likeness (QED) is 0.744. The van der Waals surface area contributed by atoms with Crippen LogP contribution in [0.25, 0.3) is 0 Å². The van der Waals surface area contributed by atoms with Crippen molar-refractivity contribution in [2.24, 2.45) is 0 Å². The maximum atomic E-state index is 11.7. The lowest BCUT2D eigenvalue weighted by molar-refractivity contribution is -0.110. The number of nitrogens with zero attached hydrogens (tertiary/aromatic N) is 2. The van der Waals surface area contributed by atoms with Crippen LogP contribution in [0.5, 0.6) is 0 Å². The van der Waals surface area contributed by atoms with Crippen molar-refractivity contribution in [3.05, 3.63) is 10.7 Å². The zero-order valence-corrected chi connectivity index (χ0v) is 13.3. The third kappa shape index (κ3) is 3.34. The molecule has 106 valence electrons. The van der Waals surface area contributed by atoms with Crippen LogP contribution >= 0.6 is 0 Å². The highest BCUT2D eigenvalue weighted by Crippen LogP contribution is 2.29. The third-order valence-corrected chi connectivity index (χ3v) is 4.11. The van der Waals surface area contributed by atoms with Crippen molar-refractivity contribution in [3.63, 3.8) is 0 Å². The Bertz CT molecular complexity index is 336. The van der Waals surface area contributed by atoms with Crippen LogP contribution in [0.2, 0.25) is 0 Å². The summed E-state index contributed by atoms with van der Waals surface area (Å²) in [5.41, 5.74) is 0.652. The molecule has 0 saturated heterocycles. The Morgan fingerprint density at radius 1 is 1.11 bits per heavy atom. The van der Waals surface area contributed by atoms with Crippen molar-refractivity contribution in [1.82, 2.24) is 9.80 Å². The monoisotopic (exact) mass is 274 g/mol. The summed E-state index contributed by atoms with van der Waals surface area (Å²) in [4.78, 5) is 15.5. The molecule has 1 aliphatic heterocycles. The number of carbonyl (C=O) groups is 1. The lowest BCUT2D eigenvalue weighted by atomic mass is 10.3. The molecule has 1 unspecified atom stereocenters. The molecular formula is C13H26N2O2S. The first-order valence-corrected chi connectivity index (χ1v) is 7.89. The van der Waals surface area contributed by atoms with Crippen LogP contribution in [-0.2, 0) is 15.6 Å². The van der Waals surface area contributed by atoms with E-state index in [1.165, 1.54) is 0 Å². The van der Waals surface area contributed by atoms with Crippen molar-refractivity contribution < 1.29 is 9.00 Å². The summed E-state index contributed by atoms with van der Waals surface area (Å²) < 4.78 is 11.7. The summed E-state index contributed by atoms with van der Waals surface area (Å²) in [6.45, 7) is 12.5. The summed E-state index contributed by atoms with van der Waals surface area (Å²) >= 11 is 0. The fourth-order valence-corrected chi connectivity index (χ4v) is 3.06. The summed E-state index contributed by atoms with van der Waals surface area (Å²) in [6.07, 6.45) is 0.983. The van der Waals surface area contributed by atoms with E-state index in [9.17, 15) is 9.00 Å². The van der Waals surface area contributed by atoms with Gasteiger partial charge in [-0.15, -0.1) is 0 Å². The van der Waals surface area contributed by atoms with Crippen molar-refractivity contribution in [1.29, 1.82) is 0 Å². The topological polar surface area (TPSA) is 40.6 Å². The van der Waals surface area contributed by atoms with Crippen LogP contribution in [0.3, 0.4) is 0 Å². The standard InChI is InChI=1S/C11H20N2O2S.C2H6/c1-5-8-12(4)10-9(11(14)16(10)15)13(6-2)7-3;1-2/h5-8H2,1-4H3;1-2H3. The average molecular weight is 274 g/mol. The largest absolute Gasteiger partial charge is 0.366 e. The van der Waals surface area contributed by atoms with Gasteiger partial charge in [0, 0.05) is 26.7 Å². The summed E-state index contributed by atoms with van der Waals surface area (Å²) in [7, 11) is 0.461. The minimum atomic E-state index is -1.43. The van der Waals surface area contributed by atoms with Crippen LogP contribution in [-0.4, -0.2) is 45.8 Å². The maximum absolute atomic E-state index is 11.7. The number of carbonyl (C=O) groups excluding carboxylic acids is 1. The fourth-order valence-electron chi connectivity index (χ4n) is 1.87. The summed E-state index contributed by atoms with van der Waals surface area (Å²) in [5.74, 6) is 0. The molecule has 1 rings (SSSR count). The summed E-state index contributed by atoms with van der Waals surface area (Å²) in [5, 5.41) is 0.484. The predicted molar refractivity (Wildman–Crippen MR) is 77.4 cm³/mol. The van der Waals surface area contributed by atoms with E-state index in [1.54, 1.807) is 0 Å². The molecule has 0 spiro atoms. The molecule has 0 aromatic heterocycles. The first kappa shape index (κ1) is 17.2. The van der Waals surface area contributed by atoms with Gasteiger partial charge in [-0.05, 0) is 20.3 Å². The van der Waals surface area contributed by atoms with E-state index in [0.29, 0.717) is 10.7 Å². The minimum absolute atomic E-state index is 0.221. The van der Waals surface area contributed by atoms with E-state index in [2.05, 4.69) is 6.92 Å². The molecule has 4 nitrogen and oxygen atoms in total. The number of hydrogen-bond donors (Lipinski definition) is 0. The normalized spacial score (nSPS) is 17.9. The highest BCUT2D eigenvalue weighted by atomic mass is 32.2. The molecule has 0 aliphatic carbocycles. The first-order valence-electron chi connectivity index (χ1n) is 6.74. The lowest BCUT2D eigenvalue weighted by Gasteiger charge is -2.35. The molecule has 0 N–H and O–H groups in total. The van der Waals surface area contributed by atoms with Gasteiger partial charge in [-0.25, -0.2) is 4.21 Å². The van der Waals surface area contributed by atoms with Gasteiger partial charge < -0.3 is 9.80 Å². The molecule has 0 aromatic rings. The second kappa shape index (κ2) is 8.29. The van der Waals surface area contributed by atoms with E-state index in [4.69, 9.17) is 0 Å². The minimum Gasteiger partial charge on any atom is -0.366 e. The molecule has 0 amide bonds. The zero-order chi connectivity index (χ0) is 14.3. The lowest BCUT2D eigenvalue weighted by Crippen LogP contribution is -2.43. The van der Waals surface area contributed by atoms with Gasteiger partial charge in [0.25, 0.3) is 5.12 Å². The fraction of sp³-hybridized carbons (Fsp3) is 0.769. The van der Waals surface area contributed by atoms with Gasteiger partial charge in [0.15, 0.2) is 0 Å². The Hall–Kier alpha value is -0.840. The van der Waals surface area contributed by atoms with Gasteiger partial charge in [-0.3, -0.25) is 4.79 Å². The molecule has 1 aliphatic rings. The van der Waals surface area contributed by atoms with Crippen LogP contribution in [0.15, 0.2) is 10.7 Å². The van der Waals surface area contributed by atoms with Gasteiger partial charge in [0.05, 0.1) is 0 Å². The van der Waals surface area contributed by atoms with Gasteiger partial charge in [0.2, 0.25) is 0 Å². The smallest absolute Gasteiger partial charge is 0.274 e. The molecule has 0 bridgehead atoms. The van der Waals surface area contributed by atoms with Crippen LogP contribution in [0, 0.1) is 0 Å². The van der Waals surface area contributed by atoms with Gasteiger partial charge in [0.1, 0.15) is 21.5 Å². The molecule has 0 radical (unpaired) electrons. The van der Waals surface area contributed by atoms with E-state index >= 15 is 0 Å². The van der Waals surface area contributed by atoms with Crippen molar-refractivity contribution >= 4 is 15.9 Å². The Kier molecular flexibility index (Phi) is 7.91. The number of hydrogen-bond acceptors (Lipinski definition) is 4. The molecule has 5 heteroatoms. The van der Waals surface area contributed by atoms with E-state index in [-0.39, 0.29) is 5.12 Å². The van der Waals surface area contributed by atoms with Crippen molar-refractivity contribution in [3.8, 4) is 0 Å². The van der Waals surface area contributed by atoms with Crippen LogP contribution in [0.1, 0.15) is 41.0 Å². The number of likely N-dealkylation sites (N-methyl/N-ethyl adjacent to an activating group) is 1. The molecule has 18 heavy (non-hydrogen) atoms. The van der Waals surface area contributed by atoms with E-state index in [0.717, 1.165) is 26.1 Å². The van der Waals surface area contributed by atoms with Gasteiger partial charge in [-0.1, -0.05) is 20.8 Å². The Labute approximate surface area is 113 Å². The third-order valence-electron chi connectivity index (χ3n) is 2.73. The molecule has 1 heterocycles. The van der Waals surface area contributed by atoms with E-state index in [1.807, 2.05) is 44.5 Å². The van der Waals surface area contributed by atoms with Crippen LogP contribution < -0.4 is 0 Å². The first-order chi connectivity index (χ1) is 8.58. The predicted octanol–water partition coefficient (Wildman–Crippen LogP) is 2.15. The van der Waals surface area contributed by atoms with Gasteiger partial charge in [-0.2, -0.15) is 0 Å². The molecule has 0 saturated carbocycles. The Balaban J connectivity index is 0.00000137. The highest BCUT2D eigenvalue weighted by molar-refractivity contribution is 8.06. The van der Waals surface area contributed by atoms with Crippen LogP contribution in [0.4, 0.5) is 0 Å². The summed E-state index contributed by atoms with van der Waals surface area (Å²) in [6, 6.07) is 0. The van der Waals surface area contributed by atoms with Crippen molar-refractivity contribution in [2.75, 3.05) is 26.7 Å². The molecular weight excluding hydrogens is 248 g/mol. The molecule has 1 atom stereocenters. The highest BCUT2D eigenvalue weighted by Gasteiger charge is 2.41. The molecule has 0 aromatic carbocycles. The second-order valence-electron chi connectivity index (χ2n) is 3.80. The second-order valence-corrected chi connectivity index (χ2v) is 5.10. The average Bonchev–Trinajstić information content (AvgIpc) is 2.40. The molecule has 0 fully saturated rings. The number of rotatable bonds is 6. The Morgan fingerprint density at radius 2 is 1.61 bits per heavy atom. The van der Waals surface area contributed by atoms with Gasteiger partial charge >= 0.3 is 0 Å². The maximum Gasteiger partial charge on any atom is 0.274 e. The Morgan fingerprint density at radius 3 is 2.00 bits per heavy atom. The van der Waals surface area contributed by atoms with Crippen molar-refractivity contribution in [2.45, 2.75) is 41.0 Å². The zero-order valence-electron chi connectivity index (χ0n) is 12.4. The van der Waals surface area contributed by atoms with E-state index < -0.39 is 10.8 Å². The SMILES string of the molecule is CC.CCCN(C)C1=C(N(CC)CC)C(=O)S1=O.